The van der Waals surface area contributed by atoms with Gasteiger partial charge in [0.05, 0.1) is 6.10 Å². The fraction of sp³-hybridized carbons (Fsp3) is 0.571. The third-order valence-electron chi connectivity index (χ3n) is 1.10. The van der Waals surface area contributed by atoms with Crippen molar-refractivity contribution in [2.45, 2.75) is 26.4 Å². The Morgan fingerprint density at radius 3 is 2.30 bits per heavy atom. The molecule has 2 N–H and O–H groups in total. The zero-order valence-electron chi connectivity index (χ0n) is 6.16. The Hall–Kier alpha value is -0.830. The number of aliphatic hydroxyl groups is 1. The van der Waals surface area contributed by atoms with Crippen molar-refractivity contribution < 1.29 is 15.0 Å². The minimum atomic E-state index is -0.955. The highest BCUT2D eigenvalue weighted by atomic mass is 16.4. The van der Waals surface area contributed by atoms with Gasteiger partial charge in [-0.15, -0.1) is 0 Å². The second kappa shape index (κ2) is 4.06. The molecular weight excluding hydrogens is 132 g/mol. The van der Waals surface area contributed by atoms with Gasteiger partial charge in [-0.2, -0.15) is 0 Å². The van der Waals surface area contributed by atoms with E-state index in [0.717, 1.165) is 0 Å². The zero-order valence-corrected chi connectivity index (χ0v) is 6.16. The molecular formula is C7H12O3. The van der Waals surface area contributed by atoms with E-state index in [4.69, 9.17) is 10.2 Å². The summed E-state index contributed by atoms with van der Waals surface area (Å²) in [6.07, 6.45) is 1.11. The number of hydrogen-bond acceptors (Lipinski definition) is 2. The summed E-state index contributed by atoms with van der Waals surface area (Å²) in [6, 6.07) is 0. The molecule has 0 saturated carbocycles. The third kappa shape index (κ3) is 3.25. The number of aliphatic carboxylic acids is 1. The van der Waals surface area contributed by atoms with Gasteiger partial charge in [0.15, 0.2) is 0 Å². The maximum Gasteiger partial charge on any atom is 0.331 e. The summed E-state index contributed by atoms with van der Waals surface area (Å²) in [4.78, 5) is 10.3. The Morgan fingerprint density at radius 2 is 2.20 bits per heavy atom. The number of carboxylic acids is 1. The smallest absolute Gasteiger partial charge is 0.331 e. The Labute approximate surface area is 60.0 Å². The van der Waals surface area contributed by atoms with E-state index in [-0.39, 0.29) is 5.57 Å². The van der Waals surface area contributed by atoms with Crippen molar-refractivity contribution in [1.29, 1.82) is 0 Å². The largest absolute Gasteiger partial charge is 0.478 e. The van der Waals surface area contributed by atoms with Crippen molar-refractivity contribution in [1.82, 2.24) is 0 Å². The molecule has 0 aliphatic rings. The summed E-state index contributed by atoms with van der Waals surface area (Å²) in [5, 5.41) is 17.2. The highest BCUT2D eigenvalue weighted by Crippen LogP contribution is 2.01. The van der Waals surface area contributed by atoms with E-state index in [1.54, 1.807) is 6.92 Å². The molecule has 0 aromatic rings. The molecule has 0 heterocycles. The molecule has 3 heteroatoms. The minimum Gasteiger partial charge on any atom is -0.478 e. The van der Waals surface area contributed by atoms with Crippen LogP contribution in [0.5, 0.6) is 0 Å². The van der Waals surface area contributed by atoms with Crippen molar-refractivity contribution in [3.05, 3.63) is 11.6 Å². The number of aliphatic hydroxyl groups excluding tert-OH is 1. The SMILES string of the molecule is CCC(=C[C@H](C)O)C(=O)O. The summed E-state index contributed by atoms with van der Waals surface area (Å²) in [5.74, 6) is -0.955. The molecule has 0 amide bonds. The van der Waals surface area contributed by atoms with Crippen molar-refractivity contribution in [3.63, 3.8) is 0 Å². The van der Waals surface area contributed by atoms with E-state index < -0.39 is 12.1 Å². The number of carbonyl (C=O) groups is 1. The summed E-state index contributed by atoms with van der Waals surface area (Å²) in [6.45, 7) is 3.26. The molecule has 0 saturated heterocycles. The van der Waals surface area contributed by atoms with E-state index in [1.165, 1.54) is 13.0 Å². The number of hydrogen-bond donors (Lipinski definition) is 2. The Morgan fingerprint density at radius 1 is 1.70 bits per heavy atom. The quantitative estimate of drug-likeness (QED) is 0.576. The first kappa shape index (κ1) is 9.17. The second-order valence-corrected chi connectivity index (χ2v) is 2.09. The van der Waals surface area contributed by atoms with Gasteiger partial charge in [0, 0.05) is 5.57 Å². The Bertz CT molecular complexity index is 147. The summed E-state index contributed by atoms with van der Waals surface area (Å²) in [5.41, 5.74) is 0.259. The summed E-state index contributed by atoms with van der Waals surface area (Å²) >= 11 is 0. The molecule has 0 aromatic heterocycles. The highest BCUT2D eigenvalue weighted by Gasteiger charge is 2.04. The number of rotatable bonds is 3. The average Bonchev–Trinajstić information content (AvgIpc) is 1.81. The van der Waals surface area contributed by atoms with Gasteiger partial charge >= 0.3 is 5.97 Å². The van der Waals surface area contributed by atoms with E-state index >= 15 is 0 Å². The lowest BCUT2D eigenvalue weighted by molar-refractivity contribution is -0.132. The van der Waals surface area contributed by atoms with Crippen LogP contribution >= 0.6 is 0 Å². The van der Waals surface area contributed by atoms with Gasteiger partial charge in [-0.05, 0) is 19.4 Å². The van der Waals surface area contributed by atoms with E-state index in [0.29, 0.717) is 6.42 Å². The molecule has 0 fully saturated rings. The van der Waals surface area contributed by atoms with Crippen molar-refractivity contribution in [2.75, 3.05) is 0 Å². The van der Waals surface area contributed by atoms with Crippen molar-refractivity contribution >= 4 is 5.97 Å². The third-order valence-corrected chi connectivity index (χ3v) is 1.10. The molecule has 0 radical (unpaired) electrons. The molecule has 0 aliphatic carbocycles. The first-order valence-electron chi connectivity index (χ1n) is 3.20. The normalized spacial score (nSPS) is 14.9. The molecule has 0 rings (SSSR count). The van der Waals surface area contributed by atoms with Gasteiger partial charge < -0.3 is 10.2 Å². The van der Waals surface area contributed by atoms with Crippen LogP contribution in [0, 0.1) is 0 Å². The van der Waals surface area contributed by atoms with Crippen molar-refractivity contribution in [3.8, 4) is 0 Å². The maximum atomic E-state index is 10.3. The molecule has 0 bridgehead atoms. The molecule has 3 nitrogen and oxygen atoms in total. The van der Waals surface area contributed by atoms with Crippen LogP contribution in [-0.4, -0.2) is 22.3 Å². The molecule has 10 heavy (non-hydrogen) atoms. The lowest BCUT2D eigenvalue weighted by atomic mass is 10.1. The first-order chi connectivity index (χ1) is 4.57. The van der Waals surface area contributed by atoms with Crippen LogP contribution in [0.25, 0.3) is 0 Å². The van der Waals surface area contributed by atoms with Crippen LogP contribution < -0.4 is 0 Å². The molecule has 58 valence electrons. The molecule has 0 spiro atoms. The van der Waals surface area contributed by atoms with Crippen LogP contribution in [-0.2, 0) is 4.79 Å². The topological polar surface area (TPSA) is 57.5 Å². The minimum absolute atomic E-state index is 0.259. The maximum absolute atomic E-state index is 10.3. The van der Waals surface area contributed by atoms with E-state index in [1.807, 2.05) is 0 Å². The second-order valence-electron chi connectivity index (χ2n) is 2.09. The van der Waals surface area contributed by atoms with Gasteiger partial charge in [-0.3, -0.25) is 0 Å². The summed E-state index contributed by atoms with van der Waals surface area (Å²) in [7, 11) is 0. The van der Waals surface area contributed by atoms with Crippen LogP contribution in [0.4, 0.5) is 0 Å². The van der Waals surface area contributed by atoms with Gasteiger partial charge in [-0.1, -0.05) is 6.92 Å². The molecule has 0 aromatic carbocycles. The lowest BCUT2D eigenvalue weighted by Crippen LogP contribution is -2.04. The predicted octanol–water partition coefficient (Wildman–Crippen LogP) is 0.788. The molecule has 0 aliphatic heterocycles. The lowest BCUT2D eigenvalue weighted by Gasteiger charge is -1.98. The van der Waals surface area contributed by atoms with Gasteiger partial charge in [0.2, 0.25) is 0 Å². The van der Waals surface area contributed by atoms with Crippen LogP contribution in [0.15, 0.2) is 11.6 Å². The van der Waals surface area contributed by atoms with Crippen LogP contribution in [0.3, 0.4) is 0 Å². The standard InChI is InChI=1S/C7H12O3/c1-3-6(7(9)10)4-5(2)8/h4-5,8H,3H2,1-2H3,(H,9,10)/t5-/m0/s1. The Kier molecular flexibility index (Phi) is 3.72. The molecule has 1 atom stereocenters. The van der Waals surface area contributed by atoms with Crippen LogP contribution in [0.2, 0.25) is 0 Å². The fourth-order valence-corrected chi connectivity index (χ4v) is 0.632. The summed E-state index contributed by atoms with van der Waals surface area (Å²) < 4.78 is 0. The van der Waals surface area contributed by atoms with Crippen molar-refractivity contribution in [2.24, 2.45) is 0 Å². The predicted molar refractivity (Wildman–Crippen MR) is 37.7 cm³/mol. The molecule has 0 unspecified atom stereocenters. The Balaban J connectivity index is 4.19. The van der Waals surface area contributed by atoms with Gasteiger partial charge in [-0.25, -0.2) is 4.79 Å². The van der Waals surface area contributed by atoms with E-state index in [9.17, 15) is 4.79 Å². The fourth-order valence-electron chi connectivity index (χ4n) is 0.632. The van der Waals surface area contributed by atoms with Gasteiger partial charge in [0.1, 0.15) is 0 Å². The average molecular weight is 144 g/mol. The number of carboxylic acid groups (broad SMARTS) is 1. The van der Waals surface area contributed by atoms with Gasteiger partial charge in [0.25, 0.3) is 0 Å². The monoisotopic (exact) mass is 144 g/mol. The van der Waals surface area contributed by atoms with E-state index in [2.05, 4.69) is 0 Å². The van der Waals surface area contributed by atoms with Crippen LogP contribution in [0.1, 0.15) is 20.3 Å². The highest BCUT2D eigenvalue weighted by molar-refractivity contribution is 5.86. The first-order valence-corrected chi connectivity index (χ1v) is 3.20. The zero-order chi connectivity index (χ0) is 8.15.